The number of hydrogen-bond donors (Lipinski definition) is 2. The Morgan fingerprint density at radius 3 is 2.62 bits per heavy atom. The summed E-state index contributed by atoms with van der Waals surface area (Å²) >= 11 is 0. The van der Waals surface area contributed by atoms with Crippen molar-refractivity contribution >= 4 is 22.9 Å². The average molecular weight is 287 g/mol. The van der Waals surface area contributed by atoms with Gasteiger partial charge in [-0.25, -0.2) is 10.2 Å². The standard InChI is InChI=1S/C15H17N3O3/c1-15(2,3)21-14(20)18-17-13(19)11-6-7-12-10(9-11)5-4-8-16-12/h4-9H,1-3H3,(H,17,19)(H,18,20). The van der Waals surface area contributed by atoms with Crippen molar-refractivity contribution in [3.05, 3.63) is 42.1 Å². The molecule has 0 radical (unpaired) electrons. The van der Waals surface area contributed by atoms with E-state index in [2.05, 4.69) is 15.8 Å². The SMILES string of the molecule is CC(C)(C)OC(=O)NNC(=O)c1ccc2ncccc2c1. The van der Waals surface area contributed by atoms with Crippen molar-refractivity contribution < 1.29 is 14.3 Å². The highest BCUT2D eigenvalue weighted by molar-refractivity contribution is 5.98. The first-order chi connectivity index (χ1) is 9.85. The first kappa shape index (κ1) is 14.8. The van der Waals surface area contributed by atoms with Gasteiger partial charge in [0.15, 0.2) is 0 Å². The number of hydrazine groups is 1. The van der Waals surface area contributed by atoms with E-state index in [1.165, 1.54) is 0 Å². The van der Waals surface area contributed by atoms with Gasteiger partial charge in [0.05, 0.1) is 5.52 Å². The Kier molecular flexibility index (Phi) is 4.07. The van der Waals surface area contributed by atoms with Gasteiger partial charge in [0.25, 0.3) is 5.91 Å². The average Bonchev–Trinajstić information content (AvgIpc) is 2.42. The van der Waals surface area contributed by atoms with Crippen LogP contribution in [0.25, 0.3) is 10.9 Å². The molecule has 0 saturated carbocycles. The number of ether oxygens (including phenoxy) is 1. The molecule has 0 bridgehead atoms. The molecule has 0 aliphatic rings. The number of fused-ring (bicyclic) bond motifs is 1. The van der Waals surface area contributed by atoms with Gasteiger partial charge in [-0.3, -0.25) is 15.2 Å². The van der Waals surface area contributed by atoms with Crippen LogP contribution in [0.4, 0.5) is 4.79 Å². The fraction of sp³-hybridized carbons (Fsp3) is 0.267. The second-order valence-corrected chi connectivity index (χ2v) is 5.49. The quantitative estimate of drug-likeness (QED) is 0.789. The first-order valence-corrected chi connectivity index (χ1v) is 6.49. The number of carbonyl (C=O) groups excluding carboxylic acids is 2. The second kappa shape index (κ2) is 5.78. The summed E-state index contributed by atoms with van der Waals surface area (Å²) in [5.74, 6) is -0.424. The zero-order chi connectivity index (χ0) is 15.5. The van der Waals surface area contributed by atoms with E-state index in [0.717, 1.165) is 10.9 Å². The molecule has 0 spiro atoms. The molecule has 0 unspecified atom stereocenters. The molecule has 6 heteroatoms. The number of amides is 2. The second-order valence-electron chi connectivity index (χ2n) is 5.49. The summed E-state index contributed by atoms with van der Waals surface area (Å²) in [7, 11) is 0. The van der Waals surface area contributed by atoms with Gasteiger partial charge < -0.3 is 4.74 Å². The minimum atomic E-state index is -0.710. The van der Waals surface area contributed by atoms with E-state index in [1.807, 2.05) is 6.07 Å². The third-order valence-corrected chi connectivity index (χ3v) is 2.54. The number of rotatable bonds is 1. The van der Waals surface area contributed by atoms with E-state index in [1.54, 1.807) is 51.2 Å². The van der Waals surface area contributed by atoms with Gasteiger partial charge in [-0.15, -0.1) is 0 Å². The van der Waals surface area contributed by atoms with E-state index < -0.39 is 17.6 Å². The molecule has 2 aromatic rings. The van der Waals surface area contributed by atoms with Gasteiger partial charge >= 0.3 is 6.09 Å². The van der Waals surface area contributed by atoms with Crippen LogP contribution in [0.5, 0.6) is 0 Å². The van der Waals surface area contributed by atoms with Gasteiger partial charge in [0, 0.05) is 17.1 Å². The zero-order valence-corrected chi connectivity index (χ0v) is 12.1. The molecule has 110 valence electrons. The van der Waals surface area contributed by atoms with Gasteiger partial charge in [0.1, 0.15) is 5.60 Å². The lowest BCUT2D eigenvalue weighted by molar-refractivity contribution is 0.0483. The molecule has 2 rings (SSSR count). The van der Waals surface area contributed by atoms with Crippen LogP contribution in [0.3, 0.4) is 0 Å². The fourth-order valence-corrected chi connectivity index (χ4v) is 1.70. The topological polar surface area (TPSA) is 80.3 Å². The summed E-state index contributed by atoms with van der Waals surface area (Å²) in [5.41, 5.74) is 5.11. The Labute approximate surface area is 122 Å². The molecule has 0 fully saturated rings. The predicted molar refractivity (Wildman–Crippen MR) is 78.6 cm³/mol. The van der Waals surface area contributed by atoms with Crippen LogP contribution >= 0.6 is 0 Å². The molecule has 0 aliphatic heterocycles. The predicted octanol–water partition coefficient (Wildman–Crippen LogP) is 2.40. The Morgan fingerprint density at radius 1 is 1.14 bits per heavy atom. The highest BCUT2D eigenvalue weighted by atomic mass is 16.6. The lowest BCUT2D eigenvalue weighted by atomic mass is 10.1. The molecule has 6 nitrogen and oxygen atoms in total. The van der Waals surface area contributed by atoms with Crippen LogP contribution in [0, 0.1) is 0 Å². The monoisotopic (exact) mass is 287 g/mol. The summed E-state index contributed by atoms with van der Waals surface area (Å²) in [6.45, 7) is 5.22. The Morgan fingerprint density at radius 2 is 1.90 bits per heavy atom. The number of pyridine rings is 1. The molecule has 21 heavy (non-hydrogen) atoms. The van der Waals surface area contributed by atoms with Crippen LogP contribution in [-0.4, -0.2) is 22.6 Å². The fourth-order valence-electron chi connectivity index (χ4n) is 1.70. The van der Waals surface area contributed by atoms with Crippen molar-refractivity contribution in [2.75, 3.05) is 0 Å². The van der Waals surface area contributed by atoms with E-state index in [9.17, 15) is 9.59 Å². The molecule has 2 N–H and O–H groups in total. The lowest BCUT2D eigenvalue weighted by Gasteiger charge is -2.19. The maximum atomic E-state index is 12.0. The lowest BCUT2D eigenvalue weighted by Crippen LogP contribution is -2.44. The molecule has 1 aromatic carbocycles. The third-order valence-electron chi connectivity index (χ3n) is 2.54. The number of carbonyl (C=O) groups is 2. The van der Waals surface area contributed by atoms with Crippen molar-refractivity contribution in [1.29, 1.82) is 0 Å². The molecular formula is C15H17N3O3. The van der Waals surface area contributed by atoms with Crippen LogP contribution < -0.4 is 10.9 Å². The van der Waals surface area contributed by atoms with E-state index in [0.29, 0.717) is 5.56 Å². The van der Waals surface area contributed by atoms with Crippen molar-refractivity contribution in [1.82, 2.24) is 15.8 Å². The van der Waals surface area contributed by atoms with E-state index in [4.69, 9.17) is 4.74 Å². The molecule has 2 amide bonds. The number of aromatic nitrogens is 1. The summed E-state index contributed by atoms with van der Waals surface area (Å²) < 4.78 is 5.02. The molecular weight excluding hydrogens is 270 g/mol. The third kappa shape index (κ3) is 4.17. The number of hydrogen-bond acceptors (Lipinski definition) is 4. The van der Waals surface area contributed by atoms with Gasteiger partial charge in [-0.1, -0.05) is 6.07 Å². The number of nitrogens with one attached hydrogen (secondary N) is 2. The number of benzene rings is 1. The molecule has 0 atom stereocenters. The van der Waals surface area contributed by atoms with Crippen LogP contribution in [-0.2, 0) is 4.74 Å². The highest BCUT2D eigenvalue weighted by Gasteiger charge is 2.16. The Balaban J connectivity index is 2.00. The minimum Gasteiger partial charge on any atom is -0.443 e. The van der Waals surface area contributed by atoms with Crippen molar-refractivity contribution in [2.45, 2.75) is 26.4 Å². The smallest absolute Gasteiger partial charge is 0.426 e. The van der Waals surface area contributed by atoms with Gasteiger partial charge in [0.2, 0.25) is 0 Å². The number of nitrogens with zero attached hydrogens (tertiary/aromatic N) is 1. The zero-order valence-electron chi connectivity index (χ0n) is 12.1. The highest BCUT2D eigenvalue weighted by Crippen LogP contribution is 2.13. The summed E-state index contributed by atoms with van der Waals surface area (Å²) in [6, 6.07) is 8.75. The summed E-state index contributed by atoms with van der Waals surface area (Å²) in [4.78, 5) is 27.6. The van der Waals surface area contributed by atoms with Crippen LogP contribution in [0.2, 0.25) is 0 Å². The minimum absolute atomic E-state index is 0.423. The van der Waals surface area contributed by atoms with Crippen molar-refractivity contribution in [3.63, 3.8) is 0 Å². The summed E-state index contributed by atoms with van der Waals surface area (Å²) in [5, 5.41) is 0.849. The van der Waals surface area contributed by atoms with Crippen LogP contribution in [0.15, 0.2) is 36.5 Å². The molecule has 0 saturated heterocycles. The largest absolute Gasteiger partial charge is 0.443 e. The van der Waals surface area contributed by atoms with E-state index >= 15 is 0 Å². The Bertz CT molecular complexity index is 677. The van der Waals surface area contributed by atoms with Gasteiger partial charge in [-0.2, -0.15) is 0 Å². The Hall–Kier alpha value is -2.63. The summed E-state index contributed by atoms with van der Waals surface area (Å²) in [6.07, 6.45) is 0.977. The van der Waals surface area contributed by atoms with Crippen LogP contribution in [0.1, 0.15) is 31.1 Å². The molecule has 1 heterocycles. The first-order valence-electron chi connectivity index (χ1n) is 6.49. The normalized spacial score (nSPS) is 11.0. The maximum absolute atomic E-state index is 12.0. The van der Waals surface area contributed by atoms with Crippen molar-refractivity contribution in [2.24, 2.45) is 0 Å². The molecule has 0 aliphatic carbocycles. The maximum Gasteiger partial charge on any atom is 0.426 e. The molecule has 1 aromatic heterocycles. The van der Waals surface area contributed by atoms with E-state index in [-0.39, 0.29) is 0 Å². The van der Waals surface area contributed by atoms with Gasteiger partial charge in [-0.05, 0) is 45.0 Å². The van der Waals surface area contributed by atoms with Crippen molar-refractivity contribution in [3.8, 4) is 0 Å².